The van der Waals surface area contributed by atoms with E-state index >= 15 is 0 Å². The average Bonchev–Trinajstić information content (AvgIpc) is 2.12. The van der Waals surface area contributed by atoms with Gasteiger partial charge in [-0.05, 0) is 0 Å². The molecule has 0 radical (unpaired) electrons. The summed E-state index contributed by atoms with van der Waals surface area (Å²) in [5.41, 5.74) is 0. The smallest absolute Gasteiger partial charge is 0.139 e. The van der Waals surface area contributed by atoms with Gasteiger partial charge in [0.1, 0.15) is 37.5 Å². The molecule has 9 heteroatoms. The van der Waals surface area contributed by atoms with Gasteiger partial charge in [-0.2, -0.15) is 0 Å². The van der Waals surface area contributed by atoms with E-state index in [1.54, 1.807) is 0 Å². The third kappa shape index (κ3) is 3.78. The van der Waals surface area contributed by atoms with E-state index in [0.717, 1.165) is 0 Å². The van der Waals surface area contributed by atoms with Crippen molar-refractivity contribution in [2.45, 2.75) is 24.4 Å². The number of aliphatic hydroxyl groups is 3. The van der Waals surface area contributed by atoms with Crippen LogP contribution in [0.5, 0.6) is 0 Å². The van der Waals surface area contributed by atoms with Gasteiger partial charge in [0.05, 0.1) is 7.82 Å². The van der Waals surface area contributed by atoms with Crippen LogP contribution in [0.2, 0.25) is 0 Å². The molecule has 0 aromatic rings. The third-order valence-electron chi connectivity index (χ3n) is 2.29. The minimum absolute atomic E-state index is 0.105. The van der Waals surface area contributed by atoms with Gasteiger partial charge >= 0.3 is 0 Å². The van der Waals surface area contributed by atoms with E-state index in [9.17, 15) is 24.6 Å². The lowest BCUT2D eigenvalue weighted by Crippen LogP contribution is -2.99. The number of hydrogen-bond donors (Lipinski definition) is 4. The largest absolute Gasteiger partial charge is 0.790 e. The molecule has 0 aromatic heterocycles. The van der Waals surface area contributed by atoms with E-state index in [0.29, 0.717) is 0 Å². The van der Waals surface area contributed by atoms with Crippen molar-refractivity contribution in [2.24, 2.45) is 0 Å². The fourth-order valence-corrected chi connectivity index (χ4v) is 1.77. The van der Waals surface area contributed by atoms with Gasteiger partial charge in [0.15, 0.2) is 0 Å². The van der Waals surface area contributed by atoms with E-state index in [1.165, 1.54) is 5.32 Å². The lowest BCUT2D eigenvalue weighted by Gasteiger charge is -2.35. The van der Waals surface area contributed by atoms with Crippen molar-refractivity contribution >= 4 is 7.82 Å². The van der Waals surface area contributed by atoms with Crippen molar-refractivity contribution in [1.29, 1.82) is 0 Å². The molecule has 4 atom stereocenters. The average molecular weight is 242 g/mol. The van der Waals surface area contributed by atoms with Crippen molar-refractivity contribution in [1.82, 2.24) is 0 Å². The monoisotopic (exact) mass is 242 g/mol. The van der Waals surface area contributed by atoms with Gasteiger partial charge in [-0.3, -0.25) is 0 Å². The summed E-state index contributed by atoms with van der Waals surface area (Å²) in [6, 6.07) is -0.778. The summed E-state index contributed by atoms with van der Waals surface area (Å²) in [5, 5.41) is 29.2. The van der Waals surface area contributed by atoms with Crippen LogP contribution in [0.3, 0.4) is 0 Å². The number of nitrogens with two attached hydrogens (primary N) is 1. The summed E-state index contributed by atoms with van der Waals surface area (Å²) < 4.78 is 14.2. The minimum Gasteiger partial charge on any atom is -0.790 e. The highest BCUT2D eigenvalue weighted by molar-refractivity contribution is 7.43. The Morgan fingerprint density at radius 1 is 1.33 bits per heavy atom. The molecule has 1 aliphatic heterocycles. The quantitative estimate of drug-likeness (QED) is 0.361. The highest BCUT2D eigenvalue weighted by atomic mass is 31.2. The Hall–Kier alpha value is -0.0500. The van der Waals surface area contributed by atoms with E-state index in [4.69, 9.17) is 5.11 Å². The molecule has 1 saturated heterocycles. The van der Waals surface area contributed by atoms with Crippen LogP contribution >= 0.6 is 7.82 Å². The van der Waals surface area contributed by atoms with Gasteiger partial charge in [-0.25, -0.2) is 0 Å². The van der Waals surface area contributed by atoms with Crippen LogP contribution in [0.1, 0.15) is 0 Å². The van der Waals surface area contributed by atoms with Gasteiger partial charge in [0, 0.05) is 0 Å². The zero-order valence-electron chi connectivity index (χ0n) is 7.72. The summed E-state index contributed by atoms with van der Waals surface area (Å²) >= 11 is 0. The topological polar surface area (TPSA) is 150 Å². The molecule has 1 aliphatic rings. The van der Waals surface area contributed by atoms with Gasteiger partial charge in [-0.1, -0.05) is 0 Å². The van der Waals surface area contributed by atoms with Gasteiger partial charge in [-0.15, -0.1) is 0 Å². The number of phosphoric acid groups is 1. The van der Waals surface area contributed by atoms with E-state index < -0.39 is 38.8 Å². The Morgan fingerprint density at radius 3 is 2.47 bits per heavy atom. The second kappa shape index (κ2) is 4.86. The molecular weight excluding hydrogens is 229 g/mol. The van der Waals surface area contributed by atoms with Crippen molar-refractivity contribution in [2.75, 3.05) is 13.2 Å². The molecule has 90 valence electrons. The lowest BCUT2D eigenvalue weighted by atomic mass is 9.97. The van der Waals surface area contributed by atoms with Crippen LogP contribution in [0.25, 0.3) is 0 Å². The van der Waals surface area contributed by atoms with Gasteiger partial charge < -0.3 is 39.5 Å². The van der Waals surface area contributed by atoms with Gasteiger partial charge in [0.2, 0.25) is 0 Å². The number of quaternary nitrogens is 1. The summed E-state index contributed by atoms with van der Waals surface area (Å²) in [7, 11) is -5.07. The van der Waals surface area contributed by atoms with Crippen LogP contribution in [-0.2, 0) is 9.09 Å². The third-order valence-corrected chi connectivity index (χ3v) is 2.75. The number of aliphatic hydroxyl groups excluding tert-OH is 3. The molecule has 5 N–H and O–H groups in total. The first-order valence-corrected chi connectivity index (χ1v) is 5.81. The Kier molecular flexibility index (Phi) is 4.21. The summed E-state index contributed by atoms with van der Waals surface area (Å²) in [6.07, 6.45) is -3.77. The lowest BCUT2D eigenvalue weighted by molar-refractivity contribution is -0.716. The maximum Gasteiger partial charge on any atom is 0.139 e. The fraction of sp³-hybridized carbons (Fsp3) is 1.00. The molecule has 8 nitrogen and oxygen atoms in total. The minimum atomic E-state index is -5.07. The highest BCUT2D eigenvalue weighted by Gasteiger charge is 2.39. The molecule has 0 amide bonds. The van der Waals surface area contributed by atoms with Gasteiger partial charge in [0.25, 0.3) is 0 Å². The van der Waals surface area contributed by atoms with Crippen LogP contribution in [-0.4, -0.2) is 52.8 Å². The standard InChI is InChI=1S/C6H14NO7P/c8-4-1-7-3(5(9)6(4)10)2-14-15(11,12)13/h3-10H,1-2H2,(H2,11,12,13)/p-1/t3-,4+,5-,6-/m1/s1. The zero-order valence-corrected chi connectivity index (χ0v) is 8.62. The van der Waals surface area contributed by atoms with Crippen LogP contribution < -0.4 is 15.1 Å². The molecule has 0 saturated carbocycles. The van der Waals surface area contributed by atoms with Crippen molar-refractivity contribution in [3.05, 3.63) is 0 Å². The second-order valence-electron chi connectivity index (χ2n) is 3.43. The Morgan fingerprint density at radius 2 is 1.93 bits per heavy atom. The van der Waals surface area contributed by atoms with E-state index in [2.05, 4.69) is 4.52 Å². The molecule has 0 aliphatic carbocycles. The van der Waals surface area contributed by atoms with Crippen molar-refractivity contribution in [3.63, 3.8) is 0 Å². The first-order chi connectivity index (χ1) is 6.81. The molecule has 1 fully saturated rings. The number of hydrogen-bond acceptors (Lipinski definition) is 7. The Balaban J connectivity index is 2.46. The second-order valence-corrected chi connectivity index (χ2v) is 4.58. The summed E-state index contributed by atoms with van der Waals surface area (Å²) in [6.45, 7) is -0.413. The Labute approximate surface area is 85.7 Å². The maximum atomic E-state index is 10.2. The molecular formula is C6H13NO7P-. The predicted molar refractivity (Wildman–Crippen MR) is 42.2 cm³/mol. The Bertz CT molecular complexity index is 256. The molecule has 0 unspecified atom stereocenters. The zero-order chi connectivity index (χ0) is 11.6. The summed E-state index contributed by atoms with van der Waals surface area (Å²) in [5.74, 6) is 0. The van der Waals surface area contributed by atoms with Crippen LogP contribution in [0.4, 0.5) is 0 Å². The van der Waals surface area contributed by atoms with Crippen LogP contribution in [0.15, 0.2) is 0 Å². The fourth-order valence-electron chi connectivity index (χ4n) is 1.42. The molecule has 1 rings (SSSR count). The van der Waals surface area contributed by atoms with E-state index in [-0.39, 0.29) is 6.54 Å². The first-order valence-electron chi connectivity index (χ1n) is 4.35. The first kappa shape index (κ1) is 13.0. The normalized spacial score (nSPS) is 37.9. The highest BCUT2D eigenvalue weighted by Crippen LogP contribution is 2.24. The number of rotatable bonds is 3. The number of phosphoric ester groups is 1. The maximum absolute atomic E-state index is 10.2. The van der Waals surface area contributed by atoms with E-state index in [1.807, 2.05) is 0 Å². The molecule has 0 spiro atoms. The predicted octanol–water partition coefficient (Wildman–Crippen LogP) is -5.14. The van der Waals surface area contributed by atoms with Crippen molar-refractivity contribution < 1.29 is 39.5 Å². The molecule has 0 aromatic carbocycles. The number of piperidine rings is 1. The van der Waals surface area contributed by atoms with Crippen LogP contribution in [0, 0.1) is 0 Å². The summed E-state index contributed by atoms with van der Waals surface area (Å²) in [4.78, 5) is 20.3. The molecule has 1 heterocycles. The van der Waals surface area contributed by atoms with Crippen molar-refractivity contribution in [3.8, 4) is 0 Å². The SMILES string of the molecule is O=P([O-])([O-])OC[C@H]1[NH2+]C[C@H](O)[C@@H](O)[C@@H]1O. The molecule has 15 heavy (non-hydrogen) atoms. The molecule has 0 bridgehead atoms.